The van der Waals surface area contributed by atoms with Crippen LogP contribution in [0.25, 0.3) is 22.3 Å². The minimum atomic E-state index is -1.84. The molecule has 1 aromatic heterocycles. The van der Waals surface area contributed by atoms with Crippen LogP contribution in [0, 0.1) is 0 Å². The molecule has 2 fully saturated rings. The molecule has 2 aromatic carbocycles. The van der Waals surface area contributed by atoms with E-state index in [4.69, 9.17) is 23.4 Å². The van der Waals surface area contributed by atoms with Crippen molar-refractivity contribution < 1.29 is 79.5 Å². The molecule has 2 aliphatic rings. The van der Waals surface area contributed by atoms with Gasteiger partial charge in [-0.2, -0.15) is 0 Å². The number of rotatable bonds is 6. The van der Waals surface area contributed by atoms with Crippen LogP contribution in [0.1, 0.15) is 6.92 Å². The van der Waals surface area contributed by atoms with Gasteiger partial charge in [-0.05, 0) is 6.92 Å². The fraction of sp³-hybridized carbons (Fsp3) is 0.444. The zero-order valence-electron chi connectivity index (χ0n) is 22.3. The predicted molar refractivity (Wildman–Crippen MR) is 140 cm³/mol. The third-order valence-corrected chi connectivity index (χ3v) is 7.31. The second-order valence-electron chi connectivity index (χ2n) is 10.3. The topological polar surface area (TPSA) is 271 Å². The molecule has 43 heavy (non-hydrogen) atoms. The molecule has 0 radical (unpaired) electrons. The number of hydrogen-bond donors (Lipinski definition) is 11. The van der Waals surface area contributed by atoms with Crippen LogP contribution in [0.3, 0.4) is 0 Å². The van der Waals surface area contributed by atoms with Gasteiger partial charge in [0.25, 0.3) is 0 Å². The molecular formula is C27H31O16+. The van der Waals surface area contributed by atoms with Crippen LogP contribution in [0.2, 0.25) is 0 Å². The molecule has 234 valence electrons. The summed E-state index contributed by atoms with van der Waals surface area (Å²) in [6.45, 7) is 0.712. The third-order valence-electron chi connectivity index (χ3n) is 7.31. The van der Waals surface area contributed by atoms with E-state index in [-0.39, 0.29) is 33.8 Å². The predicted octanol–water partition coefficient (Wildman–Crippen LogP) is -1.06. The molecular weight excluding hydrogens is 580 g/mol. The number of phenolic OH excluding ortho intramolecular Hbond substituents is 5. The summed E-state index contributed by atoms with van der Waals surface area (Å²) in [5.74, 6) is -3.48. The Morgan fingerprint density at radius 2 is 1.40 bits per heavy atom. The van der Waals surface area contributed by atoms with E-state index in [0.29, 0.717) is 0 Å². The first-order valence-corrected chi connectivity index (χ1v) is 13.0. The summed E-state index contributed by atoms with van der Waals surface area (Å²) in [6.07, 6.45) is -15.8. The lowest BCUT2D eigenvalue weighted by Crippen LogP contribution is -2.64. The first-order valence-electron chi connectivity index (χ1n) is 13.0. The molecule has 10 atom stereocenters. The van der Waals surface area contributed by atoms with Crippen molar-refractivity contribution in [2.24, 2.45) is 0 Å². The van der Waals surface area contributed by atoms with Crippen LogP contribution < -0.4 is 4.74 Å². The van der Waals surface area contributed by atoms with Gasteiger partial charge in [0.05, 0.1) is 24.3 Å². The molecule has 0 bridgehead atoms. The maximum atomic E-state index is 10.9. The van der Waals surface area contributed by atoms with Gasteiger partial charge in [-0.15, -0.1) is 0 Å². The second-order valence-corrected chi connectivity index (χ2v) is 10.3. The van der Waals surface area contributed by atoms with Crippen molar-refractivity contribution in [1.29, 1.82) is 0 Å². The molecule has 2 saturated heterocycles. The highest BCUT2D eigenvalue weighted by molar-refractivity contribution is 5.88. The maximum Gasteiger partial charge on any atom is 0.402 e. The number of benzene rings is 2. The van der Waals surface area contributed by atoms with Gasteiger partial charge in [-0.1, -0.05) is 0 Å². The minimum absolute atomic E-state index is 0.0338. The molecule has 3 heterocycles. The van der Waals surface area contributed by atoms with Crippen molar-refractivity contribution in [2.45, 2.75) is 68.3 Å². The van der Waals surface area contributed by atoms with Crippen LogP contribution >= 0.6 is 0 Å². The number of aliphatic hydroxyl groups is 6. The zero-order valence-corrected chi connectivity index (χ0v) is 22.3. The number of hydrogen-bond acceptors (Lipinski definition) is 15. The highest BCUT2D eigenvalue weighted by Crippen LogP contribution is 2.45. The smallest absolute Gasteiger partial charge is 0.402 e. The van der Waals surface area contributed by atoms with Crippen molar-refractivity contribution in [2.75, 3.05) is 6.61 Å². The summed E-state index contributed by atoms with van der Waals surface area (Å²) in [5, 5.41) is 112. The lowest BCUT2D eigenvalue weighted by atomic mass is 9.97. The second kappa shape index (κ2) is 11.8. The van der Waals surface area contributed by atoms with Crippen LogP contribution in [-0.4, -0.2) is 124 Å². The molecule has 16 nitrogen and oxygen atoms in total. The monoisotopic (exact) mass is 611 g/mol. The fourth-order valence-corrected chi connectivity index (χ4v) is 4.96. The van der Waals surface area contributed by atoms with E-state index in [0.717, 1.165) is 18.2 Å². The molecule has 0 spiro atoms. The van der Waals surface area contributed by atoms with Gasteiger partial charge >= 0.3 is 11.3 Å². The Morgan fingerprint density at radius 3 is 2.05 bits per heavy atom. The van der Waals surface area contributed by atoms with E-state index in [1.54, 1.807) is 0 Å². The van der Waals surface area contributed by atoms with Gasteiger partial charge < -0.3 is 75.1 Å². The van der Waals surface area contributed by atoms with E-state index in [9.17, 15) is 56.2 Å². The minimum Gasteiger partial charge on any atom is -0.507 e. The largest absolute Gasteiger partial charge is 0.507 e. The number of aliphatic hydroxyl groups excluding tert-OH is 6. The summed E-state index contributed by atoms with van der Waals surface area (Å²) >= 11 is 0. The highest BCUT2D eigenvalue weighted by Gasteiger charge is 2.50. The summed E-state index contributed by atoms with van der Waals surface area (Å²) in [4.78, 5) is 0. The van der Waals surface area contributed by atoms with E-state index in [1.165, 1.54) is 19.1 Å². The summed E-state index contributed by atoms with van der Waals surface area (Å²) < 4.78 is 28.3. The fourth-order valence-electron chi connectivity index (χ4n) is 4.96. The van der Waals surface area contributed by atoms with Gasteiger partial charge in [0.15, 0.2) is 23.5 Å². The van der Waals surface area contributed by atoms with Crippen LogP contribution in [0.5, 0.6) is 34.5 Å². The Hall–Kier alpha value is -3.71. The van der Waals surface area contributed by atoms with Gasteiger partial charge in [-0.25, -0.2) is 4.42 Å². The first kappa shape index (κ1) is 30.7. The average molecular weight is 612 g/mol. The van der Waals surface area contributed by atoms with Crippen molar-refractivity contribution in [3.63, 3.8) is 0 Å². The molecule has 0 amide bonds. The molecule has 0 saturated carbocycles. The Kier molecular flexibility index (Phi) is 8.41. The maximum absolute atomic E-state index is 10.9. The molecule has 11 N–H and O–H groups in total. The number of ether oxygens (including phenoxy) is 4. The Labute approximate surface area is 242 Å². The lowest BCUT2D eigenvalue weighted by molar-refractivity contribution is -0.348. The van der Waals surface area contributed by atoms with Crippen molar-refractivity contribution in [3.05, 3.63) is 30.3 Å². The molecule has 0 unspecified atom stereocenters. The number of phenols is 5. The van der Waals surface area contributed by atoms with Crippen molar-refractivity contribution in [1.82, 2.24) is 0 Å². The van der Waals surface area contributed by atoms with E-state index in [1.807, 2.05) is 0 Å². The normalized spacial score (nSPS) is 33.0. The quantitative estimate of drug-likeness (QED) is 0.117. The van der Waals surface area contributed by atoms with E-state index < -0.39 is 91.0 Å². The standard InChI is InChI=1S/C27H30O16/c1-8-24(43-27-22(37)20(35)19(34)17(7-28)42-27)21(36)23(38)26(39-8)41-16-6-11-12(30)4-10(29)5-15(11)40-25(16)9-2-13(31)18(33)14(32)3-9/h2-6,8,17,19-24,26-28,34-38H,7H2,1H3,(H4-,29,30,31,32,33)/p+1/t8-,17+,19+,20-,21-,22+,23+,24-,26-,27-/m1/s1. The van der Waals surface area contributed by atoms with E-state index in [2.05, 4.69) is 0 Å². The van der Waals surface area contributed by atoms with Crippen LogP contribution in [-0.2, 0) is 14.2 Å². The van der Waals surface area contributed by atoms with Gasteiger partial charge in [0.2, 0.25) is 12.0 Å². The third kappa shape index (κ3) is 5.67. The number of fused-ring (bicyclic) bond motifs is 1. The van der Waals surface area contributed by atoms with Crippen LogP contribution in [0.15, 0.2) is 34.7 Å². The molecule has 2 aliphatic heterocycles. The van der Waals surface area contributed by atoms with Crippen molar-refractivity contribution in [3.8, 4) is 45.8 Å². The lowest BCUT2D eigenvalue weighted by Gasteiger charge is -2.45. The molecule has 3 aromatic rings. The van der Waals surface area contributed by atoms with Gasteiger partial charge in [-0.3, -0.25) is 0 Å². The number of aromatic hydroxyl groups is 5. The summed E-state index contributed by atoms with van der Waals surface area (Å²) in [5.41, 5.74) is -0.103. The first-order chi connectivity index (χ1) is 20.3. The molecule has 0 aliphatic carbocycles. The van der Waals surface area contributed by atoms with Gasteiger partial charge in [0, 0.05) is 24.3 Å². The summed E-state index contributed by atoms with van der Waals surface area (Å²) in [6, 6.07) is 5.48. The highest BCUT2D eigenvalue weighted by atomic mass is 16.7. The average Bonchev–Trinajstić information content (AvgIpc) is 2.96. The summed E-state index contributed by atoms with van der Waals surface area (Å²) in [7, 11) is 0. The zero-order chi connectivity index (χ0) is 31.3. The Balaban J connectivity index is 1.45. The van der Waals surface area contributed by atoms with Gasteiger partial charge in [0.1, 0.15) is 59.6 Å². The molecule has 5 rings (SSSR count). The Morgan fingerprint density at radius 1 is 0.744 bits per heavy atom. The SMILES string of the molecule is C[C@H]1O[C@H](Oc2cc3c(O)cc(O)cc3[o+]c2-c2cc(O)c(O)c(O)c2)[C@@H](O)[C@@H](O)[C@@H]1O[C@H]1O[C@@H](CO)[C@H](O)[C@@H](O)[C@@H]1O. The van der Waals surface area contributed by atoms with Crippen molar-refractivity contribution >= 4 is 11.0 Å². The molecule has 16 heteroatoms. The van der Waals surface area contributed by atoms with Crippen LogP contribution in [0.4, 0.5) is 0 Å². The Bertz CT molecular complexity index is 1460. The van der Waals surface area contributed by atoms with E-state index >= 15 is 0 Å².